The van der Waals surface area contributed by atoms with Gasteiger partial charge in [-0.1, -0.05) is 30.3 Å². The number of hydrogen-bond donors (Lipinski definition) is 2. The first-order chi connectivity index (χ1) is 17.3. The Kier molecular flexibility index (Phi) is 7.51. The third kappa shape index (κ3) is 5.69. The molecule has 2 aromatic carbocycles. The van der Waals surface area contributed by atoms with Crippen LogP contribution in [-0.4, -0.2) is 51.8 Å². The van der Waals surface area contributed by atoms with Gasteiger partial charge in [0.25, 0.3) is 5.88 Å². The fraction of sp³-hybridized carbons (Fsp3) is 0.190. The highest BCUT2D eigenvalue weighted by molar-refractivity contribution is 7.91. The average Bonchev–Trinajstić information content (AvgIpc) is 2.83. The predicted molar refractivity (Wildman–Crippen MR) is 126 cm³/mol. The van der Waals surface area contributed by atoms with Crippen LogP contribution >= 0.6 is 0 Å². The molecule has 0 amide bonds. The van der Waals surface area contributed by atoms with Crippen LogP contribution in [0.4, 0.5) is 5.69 Å². The first-order valence-electron chi connectivity index (χ1n) is 10.2. The van der Waals surface area contributed by atoms with E-state index in [0.29, 0.717) is 11.8 Å². The number of carboxylic acid groups (broad SMARTS) is 1. The summed E-state index contributed by atoms with van der Waals surface area (Å²) in [5.74, 6) is 0.889. The van der Waals surface area contributed by atoms with E-state index >= 15 is 0 Å². The number of nitro benzene ring substituents is 1. The first kappa shape index (κ1) is 26.7. The summed E-state index contributed by atoms with van der Waals surface area (Å²) in [5.41, 5.74) is -4.33. The van der Waals surface area contributed by atoms with Crippen molar-refractivity contribution in [2.45, 2.75) is 11.9 Å². The van der Waals surface area contributed by atoms with E-state index in [1.807, 2.05) is 0 Å². The number of hydrazine groups is 1. The van der Waals surface area contributed by atoms with Crippen molar-refractivity contribution in [1.29, 1.82) is 5.26 Å². The maximum absolute atomic E-state index is 12.5. The number of benzene rings is 2. The van der Waals surface area contributed by atoms with E-state index in [1.54, 1.807) is 36.4 Å². The van der Waals surface area contributed by atoms with Crippen LogP contribution in [0, 0.1) is 37.5 Å². The largest absolute Gasteiger partial charge is 0.481 e. The summed E-state index contributed by atoms with van der Waals surface area (Å²) >= 11 is 0. The van der Waals surface area contributed by atoms with Gasteiger partial charge in [-0.2, -0.15) is 5.26 Å². The van der Waals surface area contributed by atoms with Gasteiger partial charge in [-0.3, -0.25) is 25.0 Å². The Bertz CT molecular complexity index is 1480. The smallest absolute Gasteiger partial charge is 0.352 e. The van der Waals surface area contributed by atoms with Crippen LogP contribution in [0.1, 0.15) is 11.1 Å². The van der Waals surface area contributed by atoms with E-state index in [2.05, 4.69) is 4.99 Å². The van der Waals surface area contributed by atoms with Crippen LogP contribution in [0.5, 0.6) is 5.75 Å². The van der Waals surface area contributed by atoms with Gasteiger partial charge < -0.3 is 9.84 Å². The number of nitriles is 1. The first-order valence-corrected chi connectivity index (χ1v) is 12.1. The fourth-order valence-corrected chi connectivity index (χ4v) is 4.29. The Labute approximate surface area is 208 Å². The summed E-state index contributed by atoms with van der Waals surface area (Å²) in [5, 5.41) is 43.0. The van der Waals surface area contributed by atoms with E-state index in [-0.39, 0.29) is 17.0 Å². The molecule has 0 radical (unpaired) electrons. The summed E-state index contributed by atoms with van der Waals surface area (Å²) < 4.78 is 30.4. The van der Waals surface area contributed by atoms with Crippen LogP contribution < -0.4 is 10.6 Å². The van der Waals surface area contributed by atoms with Crippen LogP contribution in [-0.2, 0) is 21.1 Å². The minimum atomic E-state index is -4.26. The molecule has 2 unspecified atom stereocenters. The monoisotopic (exact) mass is 530 g/mol. The summed E-state index contributed by atoms with van der Waals surface area (Å²) in [6.07, 6.45) is 0.393. The minimum absolute atomic E-state index is 0.121. The number of ether oxygens (including phenoxy) is 1. The van der Waals surface area contributed by atoms with Gasteiger partial charge >= 0.3 is 17.4 Å². The van der Waals surface area contributed by atoms with Gasteiger partial charge in [-0.25, -0.2) is 24.3 Å². The zero-order chi connectivity index (χ0) is 27.5. The Morgan fingerprint density at radius 1 is 1.24 bits per heavy atom. The highest BCUT2D eigenvalue weighted by Crippen LogP contribution is 2.34. The highest BCUT2D eigenvalue weighted by Gasteiger charge is 2.47. The fourth-order valence-electron chi connectivity index (χ4n) is 3.48. The number of carboxylic acids is 1. The van der Waals surface area contributed by atoms with Crippen molar-refractivity contribution < 1.29 is 32.9 Å². The number of sulfone groups is 1. The number of allylic oxidation sites excluding steroid dienone is 1. The maximum atomic E-state index is 12.5. The van der Waals surface area contributed by atoms with Crippen molar-refractivity contribution >= 4 is 27.2 Å². The molecule has 1 heterocycles. The normalized spacial score (nSPS) is 16.4. The van der Waals surface area contributed by atoms with Gasteiger partial charge in [-0.15, -0.1) is 0 Å². The zero-order valence-electron chi connectivity index (χ0n) is 18.9. The molecule has 1 aliphatic heterocycles. The van der Waals surface area contributed by atoms with E-state index in [1.165, 1.54) is 0 Å². The third-order valence-corrected chi connectivity index (χ3v) is 6.23. The molecule has 0 spiro atoms. The van der Waals surface area contributed by atoms with Crippen LogP contribution in [0.25, 0.3) is 0 Å². The average molecular weight is 530 g/mol. The lowest BCUT2D eigenvalue weighted by Gasteiger charge is -2.31. The van der Waals surface area contributed by atoms with Crippen molar-refractivity contribution in [3.63, 3.8) is 0 Å². The number of nitrogens with zero attached hydrogens (tertiary/aromatic N) is 5. The number of hydrogen-bond acceptors (Lipinski definition) is 12. The molecule has 3 N–H and O–H groups in total. The highest BCUT2D eigenvalue weighted by atomic mass is 32.2. The summed E-state index contributed by atoms with van der Waals surface area (Å²) in [6.45, 7) is 0. The Morgan fingerprint density at radius 2 is 1.89 bits per heavy atom. The van der Waals surface area contributed by atoms with Gasteiger partial charge in [-0.05, 0) is 18.1 Å². The molecule has 16 heteroatoms. The number of rotatable bonds is 9. The Balaban J connectivity index is 2.28. The van der Waals surface area contributed by atoms with Crippen molar-refractivity contribution in [2.24, 2.45) is 16.8 Å². The van der Waals surface area contributed by atoms with Gasteiger partial charge in [0.1, 0.15) is 11.6 Å². The van der Waals surface area contributed by atoms with Crippen molar-refractivity contribution in [3.8, 4) is 11.8 Å². The van der Waals surface area contributed by atoms with Gasteiger partial charge in [0, 0.05) is 18.4 Å². The van der Waals surface area contributed by atoms with E-state index in [0.717, 1.165) is 18.2 Å². The zero-order valence-corrected chi connectivity index (χ0v) is 19.7. The molecule has 0 saturated heterocycles. The molecule has 1 aliphatic rings. The molecule has 37 heavy (non-hydrogen) atoms. The molecular weight excluding hydrogens is 512 g/mol. The van der Waals surface area contributed by atoms with Crippen molar-refractivity contribution in [2.75, 3.05) is 6.26 Å². The van der Waals surface area contributed by atoms with Crippen LogP contribution in [0.15, 0.2) is 65.1 Å². The van der Waals surface area contributed by atoms with Crippen molar-refractivity contribution in [3.05, 3.63) is 91.5 Å². The minimum Gasteiger partial charge on any atom is -0.481 e. The molecule has 192 valence electrons. The second-order valence-electron chi connectivity index (χ2n) is 7.72. The predicted octanol–water partition coefficient (Wildman–Crippen LogP) is 1.19. The van der Waals surface area contributed by atoms with E-state index in [4.69, 9.17) is 15.8 Å². The molecule has 3 rings (SSSR count). The van der Waals surface area contributed by atoms with Gasteiger partial charge in [0.15, 0.2) is 9.84 Å². The summed E-state index contributed by atoms with van der Waals surface area (Å²) in [6, 6.07) is 12.6. The van der Waals surface area contributed by atoms with Crippen LogP contribution in [0.3, 0.4) is 0 Å². The molecule has 0 aliphatic carbocycles. The number of aliphatic carboxylic acids is 1. The number of carbonyl (C=O) groups is 1. The van der Waals surface area contributed by atoms with Gasteiger partial charge in [0.05, 0.1) is 21.5 Å². The summed E-state index contributed by atoms with van der Waals surface area (Å²) in [4.78, 5) is 37.7. The quantitative estimate of drug-likeness (QED) is 0.264. The molecular formula is C21H18N6O9S. The van der Waals surface area contributed by atoms with E-state index in [9.17, 15) is 38.5 Å². The van der Waals surface area contributed by atoms with Crippen molar-refractivity contribution in [1.82, 2.24) is 5.01 Å². The SMILES string of the molecule is CS(=O)(=O)C1N=C(C(Cc2ccccc2)C(=O)O)C([N+](=O)[O-])=C(Oc2cc(C#N)ccc2[N+](=O)[O-])N1N. The van der Waals surface area contributed by atoms with E-state index < -0.39 is 65.8 Å². The summed E-state index contributed by atoms with van der Waals surface area (Å²) in [7, 11) is -4.26. The van der Waals surface area contributed by atoms with Crippen LogP contribution in [0.2, 0.25) is 0 Å². The number of nitrogens with two attached hydrogens (primary N) is 1. The number of nitro groups is 2. The van der Waals surface area contributed by atoms with Gasteiger partial charge in [0.2, 0.25) is 11.2 Å². The molecule has 15 nitrogen and oxygen atoms in total. The lowest BCUT2D eigenvalue weighted by Crippen LogP contribution is -2.51. The molecule has 2 atom stereocenters. The standard InChI is InChI=1S/C21H18N6O9S/c1-37(34,35)21-24-17(14(20(28)29)9-12-5-3-2-4-6-12)18(27(32)33)19(25(21)23)36-16-10-13(11-22)7-8-15(16)26(30)31/h2-8,10,14,21H,9,23H2,1H3,(H,28,29). The lowest BCUT2D eigenvalue weighted by molar-refractivity contribution is -0.420. The molecule has 0 saturated carbocycles. The second kappa shape index (κ2) is 10.4. The molecule has 0 aromatic heterocycles. The molecule has 2 aromatic rings. The Hall–Kier alpha value is -4.88. The lowest BCUT2D eigenvalue weighted by atomic mass is 9.92. The topological polar surface area (TPSA) is 232 Å². The molecule has 0 fully saturated rings. The molecule has 0 bridgehead atoms. The Morgan fingerprint density at radius 3 is 2.41 bits per heavy atom. The second-order valence-corrected chi connectivity index (χ2v) is 9.80. The number of aliphatic imine (C=N–C) groups is 1. The maximum Gasteiger partial charge on any atom is 0.352 e. The third-order valence-electron chi connectivity index (χ3n) is 5.14.